The highest BCUT2D eigenvalue weighted by Gasteiger charge is 2.46. The summed E-state index contributed by atoms with van der Waals surface area (Å²) in [6, 6.07) is 14.4. The van der Waals surface area contributed by atoms with Crippen LogP contribution in [0, 0.1) is 0 Å². The predicted molar refractivity (Wildman–Crippen MR) is 129 cm³/mol. The fourth-order valence-corrected chi connectivity index (χ4v) is 4.02. The van der Waals surface area contributed by atoms with Crippen molar-refractivity contribution < 1.29 is 53.8 Å². The number of Topliss-reactive ketones (excluding diaryl/α,β-unsaturated/α-hetero) is 1. The molecule has 0 bridgehead atoms. The number of esters is 2. The van der Waals surface area contributed by atoms with Crippen molar-refractivity contribution in [3.8, 4) is 5.75 Å². The number of benzene rings is 2. The molecule has 1 fully saturated rings. The van der Waals surface area contributed by atoms with E-state index in [9.17, 15) is 34.8 Å². The number of ether oxygens (including phenoxy) is 4. The molecular formula is C27H28O11. The van der Waals surface area contributed by atoms with Crippen molar-refractivity contribution in [2.24, 2.45) is 0 Å². The van der Waals surface area contributed by atoms with Crippen LogP contribution < -0.4 is 4.74 Å². The number of hydrogen-bond donors (Lipinski definition) is 4. The van der Waals surface area contributed by atoms with E-state index < -0.39 is 60.6 Å². The highest BCUT2D eigenvalue weighted by molar-refractivity contribution is 6.09. The number of hydrogen-bond acceptors (Lipinski definition) is 11. The quantitative estimate of drug-likeness (QED) is 0.213. The van der Waals surface area contributed by atoms with E-state index in [0.717, 1.165) is 6.08 Å². The molecule has 11 nitrogen and oxygen atoms in total. The van der Waals surface area contributed by atoms with Gasteiger partial charge in [0.2, 0.25) is 11.9 Å². The summed E-state index contributed by atoms with van der Waals surface area (Å²) in [5, 5.41) is 41.6. The molecule has 2 aliphatic rings. The Kier molecular flexibility index (Phi) is 8.55. The van der Waals surface area contributed by atoms with Gasteiger partial charge >= 0.3 is 11.9 Å². The van der Waals surface area contributed by atoms with Gasteiger partial charge in [-0.05, 0) is 30.7 Å². The summed E-state index contributed by atoms with van der Waals surface area (Å²) in [5.41, 5.74) is -1.77. The maximum absolute atomic E-state index is 12.5. The Bertz CT molecular complexity index is 1180. The lowest BCUT2D eigenvalue weighted by molar-refractivity contribution is -0.277. The fraction of sp³-hybridized carbons (Fsp3) is 0.370. The van der Waals surface area contributed by atoms with Gasteiger partial charge in [0, 0.05) is 12.0 Å². The van der Waals surface area contributed by atoms with Crippen molar-refractivity contribution in [2.45, 2.75) is 55.8 Å². The molecule has 6 atom stereocenters. The molecule has 1 saturated heterocycles. The van der Waals surface area contributed by atoms with E-state index in [1.54, 1.807) is 48.5 Å². The van der Waals surface area contributed by atoms with E-state index in [4.69, 9.17) is 18.9 Å². The maximum atomic E-state index is 12.5. The number of rotatable bonds is 8. The van der Waals surface area contributed by atoms with Crippen molar-refractivity contribution in [1.29, 1.82) is 0 Å². The predicted octanol–water partition coefficient (Wildman–Crippen LogP) is 0.423. The number of para-hydroxylation sites is 1. The highest BCUT2D eigenvalue weighted by Crippen LogP contribution is 2.28. The number of allylic oxidation sites excluding steroid dienone is 1. The second-order valence-corrected chi connectivity index (χ2v) is 8.91. The summed E-state index contributed by atoms with van der Waals surface area (Å²) < 4.78 is 21.7. The minimum atomic E-state index is -2.36. The van der Waals surface area contributed by atoms with E-state index >= 15 is 0 Å². The molecule has 1 heterocycles. The van der Waals surface area contributed by atoms with Crippen LogP contribution in [0.25, 0.3) is 0 Å². The average Bonchev–Trinajstić information content (AvgIpc) is 2.93. The number of aliphatic hydroxyl groups is 4. The Hall–Kier alpha value is -3.61. The maximum Gasteiger partial charge on any atom is 0.350 e. The smallest absolute Gasteiger partial charge is 0.350 e. The van der Waals surface area contributed by atoms with Gasteiger partial charge in [0.05, 0.1) is 5.56 Å². The van der Waals surface area contributed by atoms with Gasteiger partial charge in [0.25, 0.3) is 0 Å². The number of carbonyl (C=O) groups is 3. The van der Waals surface area contributed by atoms with Gasteiger partial charge < -0.3 is 39.4 Å². The molecule has 2 aromatic carbocycles. The summed E-state index contributed by atoms with van der Waals surface area (Å²) in [6.45, 7) is -0.817. The van der Waals surface area contributed by atoms with Gasteiger partial charge in [-0.15, -0.1) is 0 Å². The largest absolute Gasteiger partial charge is 0.462 e. The number of carbonyl (C=O) groups excluding carboxylic acids is 3. The van der Waals surface area contributed by atoms with Crippen molar-refractivity contribution >= 4 is 17.7 Å². The first-order chi connectivity index (χ1) is 18.2. The molecule has 4 rings (SSSR count). The Morgan fingerprint density at radius 3 is 2.39 bits per heavy atom. The van der Waals surface area contributed by atoms with E-state index in [1.807, 2.05) is 0 Å². The average molecular weight is 529 g/mol. The van der Waals surface area contributed by atoms with E-state index in [0.29, 0.717) is 12.0 Å². The van der Waals surface area contributed by atoms with E-state index in [2.05, 4.69) is 0 Å². The lowest BCUT2D eigenvalue weighted by Gasteiger charge is -2.40. The normalized spacial score (nSPS) is 28.9. The molecule has 0 saturated carbocycles. The van der Waals surface area contributed by atoms with Gasteiger partial charge in [-0.2, -0.15) is 0 Å². The van der Waals surface area contributed by atoms with Crippen LogP contribution in [0.4, 0.5) is 0 Å². The molecule has 2 aromatic rings. The molecule has 38 heavy (non-hydrogen) atoms. The lowest BCUT2D eigenvalue weighted by atomic mass is 9.90. The molecule has 11 heteroatoms. The minimum Gasteiger partial charge on any atom is -0.462 e. The first-order valence-electron chi connectivity index (χ1n) is 12.0. The van der Waals surface area contributed by atoms with Crippen molar-refractivity contribution in [3.63, 3.8) is 0 Å². The Balaban J connectivity index is 1.41. The van der Waals surface area contributed by atoms with Crippen LogP contribution in [-0.2, 0) is 30.4 Å². The summed E-state index contributed by atoms with van der Waals surface area (Å²) in [6.07, 6.45) is -4.60. The second kappa shape index (κ2) is 11.8. The van der Waals surface area contributed by atoms with E-state index in [1.165, 1.54) is 12.1 Å². The topological polar surface area (TPSA) is 169 Å². The fourth-order valence-electron chi connectivity index (χ4n) is 4.02. The van der Waals surface area contributed by atoms with Crippen LogP contribution in [0.2, 0.25) is 0 Å². The summed E-state index contributed by atoms with van der Waals surface area (Å²) in [5.74, 6) is -2.37. The van der Waals surface area contributed by atoms with Crippen molar-refractivity contribution in [2.75, 3.05) is 6.61 Å². The van der Waals surface area contributed by atoms with Gasteiger partial charge in [0.1, 0.15) is 43.4 Å². The Morgan fingerprint density at radius 1 is 0.947 bits per heavy atom. The third kappa shape index (κ3) is 5.93. The molecular weight excluding hydrogens is 500 g/mol. The third-order valence-corrected chi connectivity index (χ3v) is 6.26. The summed E-state index contributed by atoms with van der Waals surface area (Å²) >= 11 is 0. The number of ketones is 1. The monoisotopic (exact) mass is 528 g/mol. The zero-order chi connectivity index (χ0) is 27.3. The van der Waals surface area contributed by atoms with Gasteiger partial charge in [-0.1, -0.05) is 42.5 Å². The number of aliphatic hydroxyl groups excluding tert-OH is 3. The molecule has 4 N–H and O–H groups in total. The van der Waals surface area contributed by atoms with Gasteiger partial charge in [0.15, 0.2) is 5.78 Å². The first kappa shape index (κ1) is 27.4. The van der Waals surface area contributed by atoms with Crippen LogP contribution in [0.3, 0.4) is 0 Å². The van der Waals surface area contributed by atoms with Gasteiger partial charge in [-0.25, -0.2) is 9.59 Å². The molecule has 0 spiro atoms. The molecule has 0 amide bonds. The van der Waals surface area contributed by atoms with Gasteiger partial charge in [-0.3, -0.25) is 4.79 Å². The zero-order valence-corrected chi connectivity index (χ0v) is 20.2. The Labute approximate surface area is 217 Å². The second-order valence-electron chi connectivity index (χ2n) is 8.91. The summed E-state index contributed by atoms with van der Waals surface area (Å²) in [7, 11) is 0. The minimum absolute atomic E-state index is 0.00864. The Morgan fingerprint density at radius 2 is 1.66 bits per heavy atom. The first-order valence-corrected chi connectivity index (χ1v) is 12.0. The molecule has 1 aliphatic heterocycles. The third-order valence-electron chi connectivity index (χ3n) is 6.26. The van der Waals surface area contributed by atoms with Crippen LogP contribution in [-0.4, -0.2) is 81.1 Å². The summed E-state index contributed by atoms with van der Waals surface area (Å²) in [4.78, 5) is 36.8. The van der Waals surface area contributed by atoms with Crippen LogP contribution in [0.5, 0.6) is 5.75 Å². The van der Waals surface area contributed by atoms with E-state index in [-0.39, 0.29) is 24.3 Å². The van der Waals surface area contributed by atoms with Crippen LogP contribution in [0.1, 0.15) is 28.8 Å². The molecule has 0 radical (unpaired) electrons. The van der Waals surface area contributed by atoms with Crippen LogP contribution in [0.15, 0.2) is 66.7 Å². The highest BCUT2D eigenvalue weighted by atomic mass is 16.7. The SMILES string of the molecule is O=C(OC[C@H]1O[C@@H](Oc2ccccc2COC(=O)C2(O)C=CCCC2=O)[C@H](O)[C@@H](O)[C@@H]1O)c1ccccc1. The lowest BCUT2D eigenvalue weighted by Crippen LogP contribution is -2.60. The molecule has 0 aromatic heterocycles. The zero-order valence-electron chi connectivity index (χ0n) is 20.2. The molecule has 1 unspecified atom stereocenters. The molecule has 1 aliphatic carbocycles. The van der Waals surface area contributed by atoms with Crippen molar-refractivity contribution in [3.05, 3.63) is 77.9 Å². The standard InChI is InChI=1S/C27H28O11/c28-20-12-6-7-13-27(20,34)26(33)36-14-17-10-4-5-11-18(17)37-25-23(31)22(30)21(29)19(38-25)15-35-24(32)16-8-2-1-3-9-16/h1-5,7-11,13,19,21-23,25,29-31,34H,6,12,14-15H2/t19-,21-,22+,23-,25-,27?/m1/s1. The molecule has 202 valence electrons. The van der Waals surface area contributed by atoms with Crippen molar-refractivity contribution in [1.82, 2.24) is 0 Å². The van der Waals surface area contributed by atoms with Crippen LogP contribution >= 0.6 is 0 Å².